The third-order valence-corrected chi connectivity index (χ3v) is 6.99. The molecule has 1 fully saturated rings. The van der Waals surface area contributed by atoms with E-state index in [1.54, 1.807) is 0 Å². The van der Waals surface area contributed by atoms with Crippen molar-refractivity contribution in [2.24, 2.45) is 5.92 Å². The maximum atomic E-state index is 13.5. The molecule has 0 spiro atoms. The van der Waals surface area contributed by atoms with Crippen LogP contribution in [0.15, 0.2) is 54.6 Å². The number of fused-ring (bicyclic) bond motifs is 1. The molecule has 2 heterocycles. The predicted octanol–water partition coefficient (Wildman–Crippen LogP) is 2.07. The summed E-state index contributed by atoms with van der Waals surface area (Å²) in [5.74, 6) is -2.49. The zero-order valence-corrected chi connectivity index (χ0v) is 21.9. The molecule has 0 aromatic heterocycles. The van der Waals surface area contributed by atoms with E-state index in [9.17, 15) is 19.2 Å². The SMILES string of the molecule is CC(=O)O[C@@H](C(=O)NCC1CCN(Cc2ccccc2)C1)[C@@H](OC(C)=O)C(=O)N1CCc2ccccc2C1. The largest absolute Gasteiger partial charge is 0.448 e. The topological polar surface area (TPSA) is 105 Å². The van der Waals surface area contributed by atoms with E-state index >= 15 is 0 Å². The fourth-order valence-corrected chi connectivity index (χ4v) is 5.13. The lowest BCUT2D eigenvalue weighted by Gasteiger charge is -2.33. The van der Waals surface area contributed by atoms with Crippen molar-refractivity contribution in [2.45, 2.75) is 52.0 Å². The summed E-state index contributed by atoms with van der Waals surface area (Å²) in [7, 11) is 0. The van der Waals surface area contributed by atoms with Crippen LogP contribution >= 0.6 is 0 Å². The Morgan fingerprint density at radius 2 is 1.55 bits per heavy atom. The van der Waals surface area contributed by atoms with E-state index < -0.39 is 36.0 Å². The summed E-state index contributed by atoms with van der Waals surface area (Å²) in [6.07, 6.45) is -1.60. The van der Waals surface area contributed by atoms with Gasteiger partial charge in [0, 0.05) is 46.6 Å². The molecule has 1 saturated heterocycles. The van der Waals surface area contributed by atoms with Gasteiger partial charge in [-0.05, 0) is 42.0 Å². The number of amides is 2. The second-order valence-electron chi connectivity index (χ2n) is 9.96. The van der Waals surface area contributed by atoms with Gasteiger partial charge in [-0.3, -0.25) is 24.1 Å². The molecular weight excluding hydrogens is 486 g/mol. The van der Waals surface area contributed by atoms with Gasteiger partial charge in [-0.1, -0.05) is 54.6 Å². The molecule has 2 aromatic rings. The molecule has 0 aliphatic carbocycles. The van der Waals surface area contributed by atoms with Gasteiger partial charge in [0.15, 0.2) is 0 Å². The Morgan fingerprint density at radius 3 is 2.26 bits per heavy atom. The van der Waals surface area contributed by atoms with E-state index in [4.69, 9.17) is 9.47 Å². The van der Waals surface area contributed by atoms with Crippen LogP contribution in [0.4, 0.5) is 0 Å². The highest BCUT2D eigenvalue weighted by Crippen LogP contribution is 2.22. The molecule has 3 atom stereocenters. The quantitative estimate of drug-likeness (QED) is 0.504. The van der Waals surface area contributed by atoms with Crippen LogP contribution in [-0.2, 0) is 48.2 Å². The van der Waals surface area contributed by atoms with Crippen LogP contribution in [0.1, 0.15) is 37.0 Å². The highest BCUT2D eigenvalue weighted by atomic mass is 16.6. The summed E-state index contributed by atoms with van der Waals surface area (Å²) >= 11 is 0. The molecule has 2 aliphatic rings. The van der Waals surface area contributed by atoms with Crippen molar-refractivity contribution in [1.29, 1.82) is 0 Å². The predicted molar refractivity (Wildman–Crippen MR) is 140 cm³/mol. The van der Waals surface area contributed by atoms with E-state index in [0.717, 1.165) is 51.0 Å². The first kappa shape index (κ1) is 27.3. The number of hydrogen-bond acceptors (Lipinski definition) is 7. The van der Waals surface area contributed by atoms with E-state index in [1.807, 2.05) is 42.5 Å². The summed E-state index contributed by atoms with van der Waals surface area (Å²) in [6, 6.07) is 18.0. The Hall–Kier alpha value is -3.72. The van der Waals surface area contributed by atoms with Crippen LogP contribution < -0.4 is 5.32 Å². The monoisotopic (exact) mass is 521 g/mol. The molecule has 4 rings (SSSR count). The number of likely N-dealkylation sites (tertiary alicyclic amines) is 1. The molecular formula is C29H35N3O6. The molecule has 2 aliphatic heterocycles. The molecule has 202 valence electrons. The van der Waals surface area contributed by atoms with Gasteiger partial charge in [-0.15, -0.1) is 0 Å². The van der Waals surface area contributed by atoms with Gasteiger partial charge < -0.3 is 19.7 Å². The lowest BCUT2D eigenvalue weighted by molar-refractivity contribution is -0.178. The van der Waals surface area contributed by atoms with Crippen molar-refractivity contribution in [3.8, 4) is 0 Å². The minimum atomic E-state index is -1.58. The number of carbonyl (C=O) groups is 4. The van der Waals surface area contributed by atoms with Crippen LogP contribution in [0.3, 0.4) is 0 Å². The maximum Gasteiger partial charge on any atom is 0.303 e. The van der Waals surface area contributed by atoms with Gasteiger partial charge in [-0.25, -0.2) is 0 Å². The van der Waals surface area contributed by atoms with E-state index in [2.05, 4.69) is 22.3 Å². The minimum absolute atomic E-state index is 0.210. The van der Waals surface area contributed by atoms with Gasteiger partial charge in [0.05, 0.1) is 0 Å². The normalized spacial score (nSPS) is 18.7. The lowest BCUT2D eigenvalue weighted by Crippen LogP contribution is -2.55. The van der Waals surface area contributed by atoms with Crippen molar-refractivity contribution in [3.63, 3.8) is 0 Å². The third-order valence-electron chi connectivity index (χ3n) is 6.99. The number of benzene rings is 2. The van der Waals surface area contributed by atoms with Crippen molar-refractivity contribution in [3.05, 3.63) is 71.3 Å². The van der Waals surface area contributed by atoms with Crippen molar-refractivity contribution in [1.82, 2.24) is 15.1 Å². The summed E-state index contributed by atoms with van der Waals surface area (Å²) in [5, 5.41) is 2.84. The maximum absolute atomic E-state index is 13.5. The Balaban J connectivity index is 1.40. The summed E-state index contributed by atoms with van der Waals surface area (Å²) in [4.78, 5) is 54.5. The number of nitrogens with one attached hydrogen (secondary N) is 1. The lowest BCUT2D eigenvalue weighted by atomic mass is 9.99. The second-order valence-corrected chi connectivity index (χ2v) is 9.96. The number of carbonyl (C=O) groups excluding carboxylic acids is 4. The standard InChI is InChI=1S/C29H35N3O6/c1-20(33)37-26(28(35)30-16-23-12-14-31(18-23)17-22-8-4-3-5-9-22)27(38-21(2)34)29(36)32-15-13-24-10-6-7-11-25(24)19-32/h3-11,23,26-27H,12-19H2,1-2H3,(H,30,35)/t23?,26-,27-/m1/s1. The van der Waals surface area contributed by atoms with Gasteiger partial charge in [0.25, 0.3) is 11.8 Å². The first-order chi connectivity index (χ1) is 18.3. The van der Waals surface area contributed by atoms with E-state index in [0.29, 0.717) is 26.1 Å². The van der Waals surface area contributed by atoms with Crippen molar-refractivity contribution < 1.29 is 28.7 Å². The Labute approximate surface area is 223 Å². The van der Waals surface area contributed by atoms with Crippen LogP contribution in [-0.4, -0.2) is 71.9 Å². The average Bonchev–Trinajstić information content (AvgIpc) is 3.36. The summed E-state index contributed by atoms with van der Waals surface area (Å²) in [5.41, 5.74) is 3.37. The Morgan fingerprint density at radius 1 is 0.895 bits per heavy atom. The summed E-state index contributed by atoms with van der Waals surface area (Å²) in [6.45, 7) is 5.96. The highest BCUT2D eigenvalue weighted by Gasteiger charge is 2.42. The van der Waals surface area contributed by atoms with Crippen molar-refractivity contribution >= 4 is 23.8 Å². The number of ether oxygens (including phenoxy) is 2. The molecule has 2 amide bonds. The Kier molecular flexibility index (Phi) is 9.12. The smallest absolute Gasteiger partial charge is 0.303 e. The molecule has 9 heteroatoms. The third kappa shape index (κ3) is 7.19. The van der Waals surface area contributed by atoms with Gasteiger partial charge in [0.2, 0.25) is 12.2 Å². The molecule has 9 nitrogen and oxygen atoms in total. The van der Waals surface area contributed by atoms with E-state index in [-0.39, 0.29) is 5.92 Å². The zero-order valence-electron chi connectivity index (χ0n) is 21.9. The highest BCUT2D eigenvalue weighted by molar-refractivity contribution is 5.93. The molecule has 1 unspecified atom stereocenters. The molecule has 38 heavy (non-hydrogen) atoms. The fraction of sp³-hybridized carbons (Fsp3) is 0.448. The average molecular weight is 522 g/mol. The number of nitrogens with zero attached hydrogens (tertiary/aromatic N) is 2. The molecule has 0 saturated carbocycles. The Bertz CT molecular complexity index is 1150. The first-order valence-corrected chi connectivity index (χ1v) is 13.0. The second kappa shape index (κ2) is 12.7. The van der Waals surface area contributed by atoms with Gasteiger partial charge in [0.1, 0.15) is 0 Å². The van der Waals surface area contributed by atoms with Crippen LogP contribution in [0.2, 0.25) is 0 Å². The van der Waals surface area contributed by atoms with Crippen LogP contribution in [0.5, 0.6) is 0 Å². The minimum Gasteiger partial charge on any atom is -0.448 e. The molecule has 0 radical (unpaired) electrons. The molecule has 0 bridgehead atoms. The van der Waals surface area contributed by atoms with Crippen LogP contribution in [0, 0.1) is 5.92 Å². The molecule has 1 N–H and O–H groups in total. The summed E-state index contributed by atoms with van der Waals surface area (Å²) < 4.78 is 10.6. The first-order valence-electron chi connectivity index (χ1n) is 13.0. The number of hydrogen-bond donors (Lipinski definition) is 1. The molecule has 2 aromatic carbocycles. The fourth-order valence-electron chi connectivity index (χ4n) is 5.13. The van der Waals surface area contributed by atoms with Crippen molar-refractivity contribution in [2.75, 3.05) is 26.2 Å². The van der Waals surface area contributed by atoms with Gasteiger partial charge in [-0.2, -0.15) is 0 Å². The number of rotatable bonds is 9. The van der Waals surface area contributed by atoms with Gasteiger partial charge >= 0.3 is 11.9 Å². The van der Waals surface area contributed by atoms with Crippen LogP contribution in [0.25, 0.3) is 0 Å². The van der Waals surface area contributed by atoms with E-state index in [1.165, 1.54) is 10.5 Å². The zero-order chi connectivity index (χ0) is 27.1. The number of esters is 2.